The lowest BCUT2D eigenvalue weighted by Gasteiger charge is -2.37. The Kier molecular flexibility index (Phi) is 2.08. The number of rotatable bonds is 0. The number of fused-ring (bicyclic) bond motifs is 1. The van der Waals surface area contributed by atoms with E-state index >= 15 is 0 Å². The van der Waals surface area contributed by atoms with E-state index in [0.717, 1.165) is 13.1 Å². The van der Waals surface area contributed by atoms with E-state index in [1.165, 1.54) is 0 Å². The predicted molar refractivity (Wildman–Crippen MR) is 42.6 cm³/mol. The number of piperidine rings is 1. The molecule has 70 valence electrons. The predicted octanol–water partition coefficient (Wildman–Crippen LogP) is -1.45. The van der Waals surface area contributed by atoms with Gasteiger partial charge in [0.15, 0.2) is 0 Å². The summed E-state index contributed by atoms with van der Waals surface area (Å²) in [6, 6.07) is -0.228. The van der Waals surface area contributed by atoms with Crippen molar-refractivity contribution < 1.29 is 15.3 Å². The van der Waals surface area contributed by atoms with Crippen LogP contribution in [0.25, 0.3) is 0 Å². The Bertz CT molecular complexity index is 176. The molecular weight excluding hydrogens is 158 g/mol. The number of hydrogen-bond donors (Lipinski definition) is 3. The van der Waals surface area contributed by atoms with Gasteiger partial charge in [-0.25, -0.2) is 0 Å². The molecule has 2 fully saturated rings. The van der Waals surface area contributed by atoms with Crippen LogP contribution >= 0.6 is 0 Å². The van der Waals surface area contributed by atoms with Crippen molar-refractivity contribution in [3.8, 4) is 0 Å². The zero-order chi connectivity index (χ0) is 8.72. The van der Waals surface area contributed by atoms with Crippen LogP contribution in [0.3, 0.4) is 0 Å². The average molecular weight is 173 g/mol. The summed E-state index contributed by atoms with van der Waals surface area (Å²) in [6.07, 6.45) is -0.552. The number of nitrogens with zero attached hydrogens (tertiary/aromatic N) is 1. The van der Waals surface area contributed by atoms with E-state index in [4.69, 9.17) is 0 Å². The number of hydrogen-bond acceptors (Lipinski definition) is 4. The SMILES string of the molecule is O[C@H]1[C@@H]2[C@H](O)CCN2CC[C@@H]1O. The molecule has 3 N–H and O–H groups in total. The van der Waals surface area contributed by atoms with Crippen LogP contribution in [-0.2, 0) is 0 Å². The van der Waals surface area contributed by atoms with Crippen LogP contribution in [-0.4, -0.2) is 57.7 Å². The zero-order valence-corrected chi connectivity index (χ0v) is 6.93. The van der Waals surface area contributed by atoms with Crippen LogP contribution in [0.4, 0.5) is 0 Å². The fourth-order valence-electron chi connectivity index (χ4n) is 2.26. The van der Waals surface area contributed by atoms with E-state index in [1.54, 1.807) is 0 Å². The highest BCUT2D eigenvalue weighted by Gasteiger charge is 2.43. The third-order valence-corrected chi connectivity index (χ3v) is 2.98. The molecule has 0 spiro atoms. The molecule has 2 heterocycles. The Hall–Kier alpha value is -0.160. The molecule has 12 heavy (non-hydrogen) atoms. The first-order valence-electron chi connectivity index (χ1n) is 4.48. The van der Waals surface area contributed by atoms with Crippen LogP contribution in [0.5, 0.6) is 0 Å². The summed E-state index contributed by atoms with van der Waals surface area (Å²) in [6.45, 7) is 1.63. The highest BCUT2D eigenvalue weighted by atomic mass is 16.3. The lowest BCUT2D eigenvalue weighted by Crippen LogP contribution is -2.55. The first kappa shape index (κ1) is 8.44. The summed E-state index contributed by atoms with van der Waals surface area (Å²) in [5.74, 6) is 0. The van der Waals surface area contributed by atoms with Crippen LogP contribution in [0.1, 0.15) is 12.8 Å². The van der Waals surface area contributed by atoms with Gasteiger partial charge in [0.25, 0.3) is 0 Å². The minimum absolute atomic E-state index is 0.228. The maximum Gasteiger partial charge on any atom is 0.0979 e. The van der Waals surface area contributed by atoms with E-state index < -0.39 is 18.3 Å². The molecule has 2 saturated heterocycles. The molecule has 0 aromatic heterocycles. The average Bonchev–Trinajstić information content (AvgIpc) is 2.41. The molecule has 0 bridgehead atoms. The summed E-state index contributed by atoms with van der Waals surface area (Å²) in [7, 11) is 0. The van der Waals surface area contributed by atoms with Crippen LogP contribution in [0, 0.1) is 0 Å². The van der Waals surface area contributed by atoms with Crippen LogP contribution in [0.2, 0.25) is 0 Å². The molecule has 0 aliphatic carbocycles. The van der Waals surface area contributed by atoms with Gasteiger partial charge in [-0.3, -0.25) is 4.90 Å². The summed E-state index contributed by atoms with van der Waals surface area (Å²) in [5.41, 5.74) is 0. The van der Waals surface area contributed by atoms with E-state index in [2.05, 4.69) is 4.90 Å². The van der Waals surface area contributed by atoms with E-state index in [1.807, 2.05) is 0 Å². The highest BCUT2D eigenvalue weighted by Crippen LogP contribution is 2.27. The molecule has 4 heteroatoms. The second-order valence-corrected chi connectivity index (χ2v) is 3.73. The van der Waals surface area contributed by atoms with Gasteiger partial charge in [0.1, 0.15) is 0 Å². The Morgan fingerprint density at radius 3 is 2.17 bits per heavy atom. The molecule has 0 saturated carbocycles. The molecule has 0 radical (unpaired) electrons. The van der Waals surface area contributed by atoms with Gasteiger partial charge in [0, 0.05) is 13.1 Å². The van der Waals surface area contributed by atoms with Gasteiger partial charge in [-0.1, -0.05) is 0 Å². The number of aliphatic hydroxyl groups is 3. The topological polar surface area (TPSA) is 63.9 Å². The van der Waals surface area contributed by atoms with E-state index in [9.17, 15) is 15.3 Å². The smallest absolute Gasteiger partial charge is 0.0979 e. The maximum absolute atomic E-state index is 9.57. The highest BCUT2D eigenvalue weighted by molar-refractivity contribution is 4.98. The van der Waals surface area contributed by atoms with Crippen molar-refractivity contribution in [3.63, 3.8) is 0 Å². The van der Waals surface area contributed by atoms with Gasteiger partial charge < -0.3 is 15.3 Å². The molecular formula is C8H15NO3. The van der Waals surface area contributed by atoms with Crippen molar-refractivity contribution in [1.82, 2.24) is 4.90 Å². The second kappa shape index (κ2) is 2.96. The molecule has 4 nitrogen and oxygen atoms in total. The molecule has 0 unspecified atom stereocenters. The molecule has 2 aliphatic rings. The summed E-state index contributed by atoms with van der Waals surface area (Å²) < 4.78 is 0. The Morgan fingerprint density at radius 2 is 1.50 bits per heavy atom. The summed E-state index contributed by atoms with van der Waals surface area (Å²) in [5, 5.41) is 28.4. The van der Waals surface area contributed by atoms with Crippen molar-refractivity contribution in [3.05, 3.63) is 0 Å². The minimum Gasteiger partial charge on any atom is -0.391 e. The minimum atomic E-state index is -0.767. The van der Waals surface area contributed by atoms with Gasteiger partial charge in [-0.15, -0.1) is 0 Å². The maximum atomic E-state index is 9.57. The molecule has 2 rings (SSSR count). The zero-order valence-electron chi connectivity index (χ0n) is 6.93. The standard InChI is InChI=1S/C8H15NO3/c10-5-1-3-9-4-2-6(11)8(12)7(5)9/h5-8,10-12H,1-4H2/t5-,6+,7+,8-/m1/s1. The largest absolute Gasteiger partial charge is 0.391 e. The quantitative estimate of drug-likeness (QED) is 0.419. The Morgan fingerprint density at radius 1 is 0.917 bits per heavy atom. The van der Waals surface area contributed by atoms with Crippen molar-refractivity contribution in [2.75, 3.05) is 13.1 Å². The first-order valence-corrected chi connectivity index (χ1v) is 4.48. The fourth-order valence-corrected chi connectivity index (χ4v) is 2.26. The summed E-state index contributed by atoms with van der Waals surface area (Å²) >= 11 is 0. The van der Waals surface area contributed by atoms with Crippen LogP contribution < -0.4 is 0 Å². The molecule has 0 aromatic rings. The lowest BCUT2D eigenvalue weighted by atomic mass is 9.95. The van der Waals surface area contributed by atoms with E-state index in [-0.39, 0.29) is 6.04 Å². The third-order valence-electron chi connectivity index (χ3n) is 2.98. The Labute approximate surface area is 71.4 Å². The van der Waals surface area contributed by atoms with Crippen LogP contribution in [0.15, 0.2) is 0 Å². The van der Waals surface area contributed by atoms with Crippen molar-refractivity contribution >= 4 is 0 Å². The molecule has 0 aromatic carbocycles. The van der Waals surface area contributed by atoms with Gasteiger partial charge in [-0.05, 0) is 12.8 Å². The lowest BCUT2D eigenvalue weighted by molar-refractivity contribution is -0.0861. The van der Waals surface area contributed by atoms with E-state index in [0.29, 0.717) is 12.8 Å². The van der Waals surface area contributed by atoms with Gasteiger partial charge in [0.2, 0.25) is 0 Å². The van der Waals surface area contributed by atoms with Crippen molar-refractivity contribution in [1.29, 1.82) is 0 Å². The monoisotopic (exact) mass is 173 g/mol. The first-order chi connectivity index (χ1) is 5.70. The van der Waals surface area contributed by atoms with Crippen molar-refractivity contribution in [2.45, 2.75) is 37.2 Å². The Balaban J connectivity index is 2.11. The van der Waals surface area contributed by atoms with Gasteiger partial charge in [0.05, 0.1) is 24.4 Å². The normalized spacial score (nSPS) is 49.2. The molecule has 2 aliphatic heterocycles. The second-order valence-electron chi connectivity index (χ2n) is 3.73. The van der Waals surface area contributed by atoms with Crippen molar-refractivity contribution in [2.24, 2.45) is 0 Å². The molecule has 0 amide bonds. The molecule has 4 atom stereocenters. The van der Waals surface area contributed by atoms with Gasteiger partial charge >= 0.3 is 0 Å². The number of aliphatic hydroxyl groups excluding tert-OH is 3. The fraction of sp³-hybridized carbons (Fsp3) is 1.00. The summed E-state index contributed by atoms with van der Waals surface area (Å²) in [4.78, 5) is 2.06. The third kappa shape index (κ3) is 1.15. The van der Waals surface area contributed by atoms with Gasteiger partial charge in [-0.2, -0.15) is 0 Å².